The molecule has 1 heterocycles. The molecule has 0 fully saturated rings. The maximum absolute atomic E-state index is 14.2. The maximum Gasteiger partial charge on any atom is 0.279 e. The van der Waals surface area contributed by atoms with Crippen LogP contribution in [0.5, 0.6) is 5.75 Å². The zero-order valence-corrected chi connectivity index (χ0v) is 14.1. The van der Waals surface area contributed by atoms with Crippen LogP contribution in [0.4, 0.5) is 8.78 Å². The van der Waals surface area contributed by atoms with E-state index in [0.29, 0.717) is 16.0 Å². The normalized spacial score (nSPS) is 11.7. The Morgan fingerprint density at radius 3 is 2.88 bits per heavy atom. The van der Waals surface area contributed by atoms with Crippen LogP contribution < -0.4 is 9.54 Å². The van der Waals surface area contributed by atoms with Gasteiger partial charge >= 0.3 is 0 Å². The summed E-state index contributed by atoms with van der Waals surface area (Å²) in [6, 6.07) is 8.60. The average Bonchev–Trinajstić information content (AvgIpc) is 2.92. The number of benzene rings is 2. The summed E-state index contributed by atoms with van der Waals surface area (Å²) in [5, 5.41) is 0. The number of ether oxygens (including phenoxy) is 1. The van der Waals surface area contributed by atoms with Crippen LogP contribution in [-0.4, -0.2) is 17.6 Å². The Morgan fingerprint density at radius 1 is 1.36 bits per heavy atom. The molecule has 0 atom stereocenters. The van der Waals surface area contributed by atoms with Crippen LogP contribution in [0.15, 0.2) is 54.0 Å². The number of allylic oxidation sites excluding steroid dienone is 1. The zero-order valence-electron chi connectivity index (χ0n) is 13.3. The Bertz CT molecular complexity index is 1040. The van der Waals surface area contributed by atoms with E-state index in [9.17, 15) is 13.6 Å². The van der Waals surface area contributed by atoms with E-state index in [-0.39, 0.29) is 16.9 Å². The number of thiazole rings is 1. The minimum absolute atomic E-state index is 0.198. The van der Waals surface area contributed by atoms with Crippen molar-refractivity contribution in [2.24, 2.45) is 4.99 Å². The first-order valence-corrected chi connectivity index (χ1v) is 8.17. The number of fused-ring (bicyclic) bond motifs is 1. The van der Waals surface area contributed by atoms with Gasteiger partial charge in [0.15, 0.2) is 10.6 Å². The quantitative estimate of drug-likeness (QED) is 0.662. The van der Waals surface area contributed by atoms with Gasteiger partial charge in [-0.1, -0.05) is 23.5 Å². The highest BCUT2D eigenvalue weighted by Gasteiger charge is 2.14. The number of rotatable bonds is 4. The summed E-state index contributed by atoms with van der Waals surface area (Å²) in [4.78, 5) is 16.8. The van der Waals surface area contributed by atoms with Crippen LogP contribution in [0, 0.1) is 11.6 Å². The SMILES string of the molecule is C=CCn1c(=NC(=O)c2cccc(OC)c2)sc2cc(F)cc(F)c21. The Labute approximate surface area is 146 Å². The van der Waals surface area contributed by atoms with Crippen LogP contribution in [0.1, 0.15) is 10.4 Å². The molecule has 0 saturated heterocycles. The molecule has 7 heteroatoms. The Morgan fingerprint density at radius 2 is 2.16 bits per heavy atom. The molecule has 3 aromatic rings. The van der Waals surface area contributed by atoms with E-state index in [1.54, 1.807) is 30.3 Å². The molecule has 0 saturated carbocycles. The first-order valence-electron chi connectivity index (χ1n) is 7.36. The van der Waals surface area contributed by atoms with Crippen molar-refractivity contribution in [2.45, 2.75) is 6.54 Å². The predicted octanol–water partition coefficient (Wildman–Crippen LogP) is 3.92. The summed E-state index contributed by atoms with van der Waals surface area (Å²) < 4.78 is 34.6. The highest BCUT2D eigenvalue weighted by atomic mass is 32.1. The summed E-state index contributed by atoms with van der Waals surface area (Å²) in [5.41, 5.74) is 0.539. The molecule has 0 radical (unpaired) electrons. The summed E-state index contributed by atoms with van der Waals surface area (Å²) >= 11 is 1.04. The molecule has 0 N–H and O–H groups in total. The third-order valence-corrected chi connectivity index (χ3v) is 4.55. The highest BCUT2D eigenvalue weighted by Crippen LogP contribution is 2.22. The van der Waals surface area contributed by atoms with Crippen LogP contribution >= 0.6 is 11.3 Å². The minimum atomic E-state index is -0.705. The second kappa shape index (κ2) is 6.98. The van der Waals surface area contributed by atoms with E-state index in [1.165, 1.54) is 17.7 Å². The number of amides is 1. The molecule has 0 aliphatic rings. The lowest BCUT2D eigenvalue weighted by Gasteiger charge is -2.03. The van der Waals surface area contributed by atoms with Crippen molar-refractivity contribution in [3.05, 3.63) is 71.1 Å². The molecule has 1 aromatic heterocycles. The van der Waals surface area contributed by atoms with Crippen molar-refractivity contribution in [3.8, 4) is 5.75 Å². The van der Waals surface area contributed by atoms with Gasteiger partial charge in [-0.25, -0.2) is 8.78 Å². The van der Waals surface area contributed by atoms with Gasteiger partial charge in [-0.05, 0) is 24.3 Å². The second-order valence-corrected chi connectivity index (χ2v) is 6.18. The second-order valence-electron chi connectivity index (χ2n) is 5.17. The molecule has 3 rings (SSSR count). The fraction of sp³-hybridized carbons (Fsp3) is 0.111. The summed E-state index contributed by atoms with van der Waals surface area (Å²) in [6.07, 6.45) is 1.56. The predicted molar refractivity (Wildman–Crippen MR) is 92.8 cm³/mol. The number of nitrogens with zero attached hydrogens (tertiary/aromatic N) is 2. The van der Waals surface area contributed by atoms with Gasteiger partial charge in [0.1, 0.15) is 11.6 Å². The number of carbonyl (C=O) groups is 1. The van der Waals surface area contributed by atoms with E-state index in [0.717, 1.165) is 17.4 Å². The van der Waals surface area contributed by atoms with Gasteiger partial charge in [0.2, 0.25) is 0 Å². The van der Waals surface area contributed by atoms with Crippen LogP contribution in [0.2, 0.25) is 0 Å². The zero-order chi connectivity index (χ0) is 18.0. The van der Waals surface area contributed by atoms with Gasteiger partial charge in [-0.2, -0.15) is 4.99 Å². The van der Waals surface area contributed by atoms with Crippen molar-refractivity contribution in [1.29, 1.82) is 0 Å². The van der Waals surface area contributed by atoms with E-state index in [4.69, 9.17) is 4.74 Å². The molecule has 0 bridgehead atoms. The Hall–Kier alpha value is -2.80. The van der Waals surface area contributed by atoms with E-state index in [2.05, 4.69) is 11.6 Å². The number of hydrogen-bond acceptors (Lipinski definition) is 3. The molecule has 0 spiro atoms. The first-order chi connectivity index (χ1) is 12.0. The Balaban J connectivity index is 2.17. The third-order valence-electron chi connectivity index (χ3n) is 3.52. The molecular weight excluding hydrogens is 346 g/mol. The monoisotopic (exact) mass is 360 g/mol. The van der Waals surface area contributed by atoms with Crippen molar-refractivity contribution in [3.63, 3.8) is 0 Å². The van der Waals surface area contributed by atoms with Crippen molar-refractivity contribution < 1.29 is 18.3 Å². The lowest BCUT2D eigenvalue weighted by molar-refractivity contribution is 0.0997. The number of hydrogen-bond donors (Lipinski definition) is 0. The van der Waals surface area contributed by atoms with Crippen LogP contribution in [0.25, 0.3) is 10.2 Å². The third kappa shape index (κ3) is 3.36. The van der Waals surface area contributed by atoms with Gasteiger partial charge in [-0.3, -0.25) is 4.79 Å². The standard InChI is InChI=1S/C18H14F2N2O2S/c1-3-7-22-16-14(20)9-12(19)10-15(16)25-18(22)21-17(23)11-5-4-6-13(8-11)24-2/h3-6,8-10H,1,7H2,2H3. The molecule has 4 nitrogen and oxygen atoms in total. The fourth-order valence-electron chi connectivity index (χ4n) is 2.42. The van der Waals surface area contributed by atoms with Crippen molar-refractivity contribution in [1.82, 2.24) is 4.57 Å². The van der Waals surface area contributed by atoms with Crippen LogP contribution in [-0.2, 0) is 6.54 Å². The molecule has 0 aliphatic heterocycles. The highest BCUT2D eigenvalue weighted by molar-refractivity contribution is 7.16. The fourth-order valence-corrected chi connectivity index (χ4v) is 3.50. The lowest BCUT2D eigenvalue weighted by Crippen LogP contribution is -2.16. The summed E-state index contributed by atoms with van der Waals surface area (Å²) in [6.45, 7) is 3.88. The van der Waals surface area contributed by atoms with E-state index >= 15 is 0 Å². The maximum atomic E-state index is 14.2. The van der Waals surface area contributed by atoms with Gasteiger partial charge in [0, 0.05) is 18.2 Å². The molecule has 128 valence electrons. The number of aromatic nitrogens is 1. The smallest absolute Gasteiger partial charge is 0.279 e. The number of methoxy groups -OCH3 is 1. The van der Waals surface area contributed by atoms with Gasteiger partial charge in [0.05, 0.1) is 17.3 Å². The minimum Gasteiger partial charge on any atom is -0.497 e. The molecule has 25 heavy (non-hydrogen) atoms. The average molecular weight is 360 g/mol. The molecule has 1 amide bonds. The Kier molecular flexibility index (Phi) is 4.76. The summed E-state index contributed by atoms with van der Waals surface area (Å²) in [5.74, 6) is -1.35. The largest absolute Gasteiger partial charge is 0.497 e. The lowest BCUT2D eigenvalue weighted by atomic mass is 10.2. The van der Waals surface area contributed by atoms with E-state index in [1.807, 2.05) is 0 Å². The van der Waals surface area contributed by atoms with Gasteiger partial charge in [-0.15, -0.1) is 6.58 Å². The molecular formula is C18H14F2N2O2S. The topological polar surface area (TPSA) is 43.6 Å². The van der Waals surface area contributed by atoms with Crippen molar-refractivity contribution >= 4 is 27.5 Å². The number of halogens is 2. The van der Waals surface area contributed by atoms with Crippen LogP contribution in [0.3, 0.4) is 0 Å². The van der Waals surface area contributed by atoms with Gasteiger partial charge < -0.3 is 9.30 Å². The molecule has 0 unspecified atom stereocenters. The molecule has 0 aliphatic carbocycles. The number of carbonyl (C=O) groups excluding carboxylic acids is 1. The molecule has 2 aromatic carbocycles. The van der Waals surface area contributed by atoms with E-state index < -0.39 is 17.5 Å². The first kappa shape index (κ1) is 17.0. The summed E-state index contributed by atoms with van der Waals surface area (Å²) in [7, 11) is 1.50. The van der Waals surface area contributed by atoms with Crippen molar-refractivity contribution in [2.75, 3.05) is 7.11 Å². The van der Waals surface area contributed by atoms with Gasteiger partial charge in [0.25, 0.3) is 5.91 Å².